The SMILES string of the molecule is C=C(CCC(=C)C(=O)OCCCCCCCNC(=O)OI)C(=O)OCCCCCCCCNC(=O)OI. The Morgan fingerprint density at radius 1 is 0.541 bits per heavy atom. The van der Waals surface area contributed by atoms with E-state index in [0.29, 0.717) is 50.3 Å². The maximum absolute atomic E-state index is 12.1. The molecule has 0 spiro atoms. The lowest BCUT2D eigenvalue weighted by molar-refractivity contribution is -0.140. The molecule has 0 radical (unpaired) electrons. The fourth-order valence-electron chi connectivity index (χ4n) is 3.17. The molecular weight excluding hydrogens is 710 g/mol. The van der Waals surface area contributed by atoms with Crippen molar-refractivity contribution >= 4 is 70.1 Å². The summed E-state index contributed by atoms with van der Waals surface area (Å²) in [5, 5.41) is 5.26. The van der Waals surface area contributed by atoms with E-state index in [2.05, 4.69) is 29.9 Å². The largest absolute Gasteiger partial charge is 0.462 e. The Balaban J connectivity index is 3.66. The summed E-state index contributed by atoms with van der Waals surface area (Å²) in [5.74, 6) is -0.904. The van der Waals surface area contributed by atoms with E-state index < -0.39 is 24.1 Å². The maximum atomic E-state index is 12.1. The van der Waals surface area contributed by atoms with Crippen LogP contribution in [0.2, 0.25) is 0 Å². The fourth-order valence-corrected chi connectivity index (χ4v) is 3.48. The highest BCUT2D eigenvalue weighted by Crippen LogP contribution is 2.13. The maximum Gasteiger partial charge on any atom is 0.416 e. The second kappa shape index (κ2) is 24.7. The van der Waals surface area contributed by atoms with Crippen molar-refractivity contribution in [2.24, 2.45) is 0 Å². The van der Waals surface area contributed by atoms with E-state index in [9.17, 15) is 19.2 Å². The molecule has 212 valence electrons. The molecule has 0 aliphatic rings. The highest BCUT2D eigenvalue weighted by Gasteiger charge is 2.13. The van der Waals surface area contributed by atoms with Crippen molar-refractivity contribution in [3.63, 3.8) is 0 Å². The lowest BCUT2D eigenvalue weighted by atomic mass is 10.1. The van der Waals surface area contributed by atoms with Crippen LogP contribution in [0, 0.1) is 0 Å². The monoisotopic (exact) mass is 750 g/mol. The van der Waals surface area contributed by atoms with E-state index in [1.54, 1.807) is 23.0 Å². The van der Waals surface area contributed by atoms with E-state index >= 15 is 0 Å². The van der Waals surface area contributed by atoms with Gasteiger partial charge in [-0.3, -0.25) is 0 Å². The van der Waals surface area contributed by atoms with Gasteiger partial charge in [0, 0.05) is 24.2 Å². The summed E-state index contributed by atoms with van der Waals surface area (Å²) in [6, 6.07) is 0. The van der Waals surface area contributed by atoms with Crippen LogP contribution in [0.5, 0.6) is 0 Å². The summed E-state index contributed by atoms with van der Waals surface area (Å²) in [6.45, 7) is 9.35. The van der Waals surface area contributed by atoms with Crippen LogP contribution in [0.1, 0.15) is 83.5 Å². The number of hydrogen-bond donors (Lipinski definition) is 2. The third-order valence-electron chi connectivity index (χ3n) is 5.34. The van der Waals surface area contributed by atoms with Gasteiger partial charge in [-0.25, -0.2) is 19.2 Å². The van der Waals surface area contributed by atoms with Crippen LogP contribution in [0.25, 0.3) is 0 Å². The van der Waals surface area contributed by atoms with Gasteiger partial charge in [0.25, 0.3) is 0 Å². The molecule has 0 fully saturated rings. The average molecular weight is 750 g/mol. The molecule has 12 heteroatoms. The van der Waals surface area contributed by atoms with Gasteiger partial charge in [0.2, 0.25) is 0 Å². The number of ether oxygens (including phenoxy) is 2. The molecule has 0 aromatic heterocycles. The van der Waals surface area contributed by atoms with Crippen molar-refractivity contribution in [1.82, 2.24) is 10.6 Å². The number of unbranched alkanes of at least 4 members (excludes halogenated alkanes) is 9. The van der Waals surface area contributed by atoms with Gasteiger partial charge >= 0.3 is 24.1 Å². The van der Waals surface area contributed by atoms with Crippen LogP contribution in [-0.4, -0.2) is 50.4 Å². The number of nitrogens with one attached hydrogen (secondary N) is 2. The van der Waals surface area contributed by atoms with Crippen molar-refractivity contribution in [3.8, 4) is 0 Å². The molecule has 0 aromatic rings. The quantitative estimate of drug-likeness (QED) is 0.0563. The Bertz CT molecular complexity index is 719. The van der Waals surface area contributed by atoms with Crippen molar-refractivity contribution in [3.05, 3.63) is 24.3 Å². The van der Waals surface area contributed by atoms with E-state index in [4.69, 9.17) is 9.47 Å². The molecule has 0 rings (SSSR count). The predicted octanol–water partition coefficient (Wildman–Crippen LogP) is 6.41. The topological polar surface area (TPSA) is 129 Å². The van der Waals surface area contributed by atoms with E-state index in [-0.39, 0.29) is 0 Å². The van der Waals surface area contributed by atoms with Crippen LogP contribution in [0.3, 0.4) is 0 Å². The summed E-state index contributed by atoms with van der Waals surface area (Å²) < 4.78 is 19.4. The molecule has 0 saturated carbocycles. The van der Waals surface area contributed by atoms with E-state index in [1.165, 1.54) is 23.0 Å². The molecule has 0 heterocycles. The minimum Gasteiger partial charge on any atom is -0.462 e. The van der Waals surface area contributed by atoms with E-state index in [0.717, 1.165) is 70.6 Å². The van der Waals surface area contributed by atoms with Gasteiger partial charge in [-0.05, 0) is 38.5 Å². The highest BCUT2D eigenvalue weighted by atomic mass is 127. The first kappa shape index (κ1) is 35.4. The first-order chi connectivity index (χ1) is 17.8. The minimum absolute atomic E-state index is 0.295. The standard InChI is InChI=1S/C25H40I2N2O8/c1-20(22(30)34-18-12-8-4-3-6-10-16-28-24(32)36-26)14-15-21(2)23(31)35-19-13-9-5-7-11-17-29-25(33)37-27/h1-19H2,(H,28,32)(H,29,33). The zero-order chi connectivity index (χ0) is 27.7. The Morgan fingerprint density at radius 3 is 1.22 bits per heavy atom. The normalized spacial score (nSPS) is 10.2. The molecule has 0 aliphatic heterocycles. The Hall–Kier alpha value is -1.58. The number of carbonyl (C=O) groups excluding carboxylic acids is 4. The summed E-state index contributed by atoms with van der Waals surface area (Å²) in [7, 11) is 0. The molecule has 0 saturated heterocycles. The third kappa shape index (κ3) is 22.1. The zero-order valence-electron chi connectivity index (χ0n) is 21.5. The molecule has 10 nitrogen and oxygen atoms in total. The second-order valence-corrected chi connectivity index (χ2v) is 9.33. The molecular formula is C25H40I2N2O8. The van der Waals surface area contributed by atoms with Crippen LogP contribution >= 0.6 is 46.0 Å². The smallest absolute Gasteiger partial charge is 0.416 e. The van der Waals surface area contributed by atoms with Crippen molar-refractivity contribution in [2.45, 2.75) is 83.5 Å². The van der Waals surface area contributed by atoms with Gasteiger partial charge in [-0.2, -0.15) is 0 Å². The Morgan fingerprint density at radius 2 is 0.865 bits per heavy atom. The molecule has 0 atom stereocenters. The third-order valence-corrected chi connectivity index (χ3v) is 6.14. The molecule has 0 unspecified atom stereocenters. The van der Waals surface area contributed by atoms with Crippen LogP contribution < -0.4 is 10.6 Å². The molecule has 37 heavy (non-hydrogen) atoms. The van der Waals surface area contributed by atoms with E-state index in [1.807, 2.05) is 0 Å². The zero-order valence-corrected chi connectivity index (χ0v) is 25.8. The number of hydrogen-bond acceptors (Lipinski definition) is 8. The first-order valence-electron chi connectivity index (χ1n) is 12.6. The number of halogens is 2. The molecule has 0 bridgehead atoms. The van der Waals surface area contributed by atoms with Crippen LogP contribution in [-0.2, 0) is 25.2 Å². The summed E-state index contributed by atoms with van der Waals surface area (Å²) in [6.07, 6.45) is 9.98. The van der Waals surface area contributed by atoms with Gasteiger partial charge in [-0.15, -0.1) is 0 Å². The van der Waals surface area contributed by atoms with Gasteiger partial charge in [0.05, 0.1) is 13.2 Å². The molecule has 0 aromatic carbocycles. The molecule has 2 amide bonds. The predicted molar refractivity (Wildman–Crippen MR) is 157 cm³/mol. The number of rotatable bonds is 22. The number of esters is 2. The Labute approximate surface area is 248 Å². The average Bonchev–Trinajstić information content (AvgIpc) is 2.90. The van der Waals surface area contributed by atoms with Gasteiger partial charge in [-0.1, -0.05) is 58.1 Å². The first-order valence-corrected chi connectivity index (χ1v) is 14.4. The lowest BCUT2D eigenvalue weighted by Crippen LogP contribution is -2.22. The Kier molecular flexibility index (Phi) is 23.7. The lowest BCUT2D eigenvalue weighted by Gasteiger charge is -2.09. The fraction of sp³-hybridized carbons (Fsp3) is 0.680. The van der Waals surface area contributed by atoms with Crippen molar-refractivity contribution in [2.75, 3.05) is 26.3 Å². The molecule has 2 N–H and O–H groups in total. The van der Waals surface area contributed by atoms with Gasteiger partial charge in [0.1, 0.15) is 0 Å². The highest BCUT2D eigenvalue weighted by molar-refractivity contribution is 14.1. The number of amides is 2. The van der Waals surface area contributed by atoms with Gasteiger partial charge in [0.15, 0.2) is 46.0 Å². The molecule has 0 aliphatic carbocycles. The summed E-state index contributed by atoms with van der Waals surface area (Å²) in [5.41, 5.74) is 0.622. The second-order valence-electron chi connectivity index (χ2n) is 8.45. The summed E-state index contributed by atoms with van der Waals surface area (Å²) in [4.78, 5) is 45.9. The van der Waals surface area contributed by atoms with Crippen LogP contribution in [0.4, 0.5) is 9.59 Å². The van der Waals surface area contributed by atoms with Crippen molar-refractivity contribution in [1.29, 1.82) is 0 Å². The minimum atomic E-state index is -0.455. The summed E-state index contributed by atoms with van der Waals surface area (Å²) >= 11 is 3.08. The number of carbonyl (C=O) groups is 4. The van der Waals surface area contributed by atoms with Gasteiger partial charge < -0.3 is 26.2 Å². The van der Waals surface area contributed by atoms with Crippen molar-refractivity contribution < 1.29 is 34.8 Å². The van der Waals surface area contributed by atoms with Crippen LogP contribution in [0.15, 0.2) is 24.3 Å².